The van der Waals surface area contributed by atoms with Gasteiger partial charge in [-0.2, -0.15) is 0 Å². The van der Waals surface area contributed by atoms with Gasteiger partial charge in [-0.25, -0.2) is 0 Å². The molecule has 0 amide bonds. The molecule has 0 spiro atoms. The van der Waals surface area contributed by atoms with E-state index >= 15 is 0 Å². The van der Waals surface area contributed by atoms with Crippen molar-refractivity contribution in [2.45, 2.75) is 6.42 Å². The van der Waals surface area contributed by atoms with Crippen molar-refractivity contribution in [1.82, 2.24) is 0 Å². The first-order chi connectivity index (χ1) is 3.00. The second-order valence-electron chi connectivity index (χ2n) is 1.03. The highest BCUT2D eigenvalue weighted by molar-refractivity contribution is 4.86. The second-order valence-corrected chi connectivity index (χ2v) is 1.03. The van der Waals surface area contributed by atoms with E-state index in [9.17, 15) is 0 Å². The van der Waals surface area contributed by atoms with Crippen LogP contribution in [0.15, 0.2) is 18.6 Å². The summed E-state index contributed by atoms with van der Waals surface area (Å²) in [5.74, 6) is 0. The Kier molecular flexibility index (Phi) is 0.955. The third-order valence-electron chi connectivity index (χ3n) is 0.562. The topological polar surface area (TPSA) is 9.23 Å². The number of allylic oxidation sites excluding steroid dienone is 2. The van der Waals surface area contributed by atoms with Gasteiger partial charge in [0.05, 0.1) is 12.5 Å². The minimum atomic E-state index is 0.889. The summed E-state index contributed by atoms with van der Waals surface area (Å²) >= 11 is 0. The highest BCUT2D eigenvalue weighted by Crippen LogP contribution is 1.92. The smallest absolute Gasteiger partial charge is 0.0940 e. The van der Waals surface area contributed by atoms with E-state index in [-0.39, 0.29) is 0 Å². The molecule has 0 saturated carbocycles. The Balaban J connectivity index is 2.40. The number of hydrogen-bond donors (Lipinski definition) is 0. The van der Waals surface area contributed by atoms with Gasteiger partial charge in [-0.05, 0) is 18.6 Å². The van der Waals surface area contributed by atoms with Crippen molar-refractivity contribution in [2.75, 3.05) is 0 Å². The predicted octanol–water partition coefficient (Wildman–Crippen LogP) is 1.24. The van der Waals surface area contributed by atoms with Crippen molar-refractivity contribution in [3.8, 4) is 0 Å². The van der Waals surface area contributed by atoms with E-state index in [4.69, 9.17) is 0 Å². The zero-order valence-corrected chi connectivity index (χ0v) is 3.35. The van der Waals surface area contributed by atoms with Crippen LogP contribution in [0.4, 0.5) is 0 Å². The summed E-state index contributed by atoms with van der Waals surface area (Å²) in [5.41, 5.74) is 0. The first kappa shape index (κ1) is 3.47. The summed E-state index contributed by atoms with van der Waals surface area (Å²) in [5, 5.41) is 0. The maximum absolute atomic E-state index is 4.65. The zero-order chi connectivity index (χ0) is 4.24. The molecular weight excluding hydrogens is 76.1 g/mol. The third-order valence-corrected chi connectivity index (χ3v) is 0.562. The lowest BCUT2D eigenvalue weighted by atomic mass is 10.4. The maximum atomic E-state index is 4.65. The Morgan fingerprint density at radius 3 is 2.83 bits per heavy atom. The van der Waals surface area contributed by atoms with Gasteiger partial charge in [0.1, 0.15) is 0 Å². The average molecular weight is 81.1 g/mol. The molecule has 0 atom stereocenters. The monoisotopic (exact) mass is 81.0 g/mol. The van der Waals surface area contributed by atoms with Crippen LogP contribution in [0, 0.1) is 6.08 Å². The van der Waals surface area contributed by atoms with Crippen LogP contribution < -0.4 is 0 Å². The zero-order valence-electron chi connectivity index (χ0n) is 3.35. The molecule has 1 rings (SSSR count). The van der Waals surface area contributed by atoms with Gasteiger partial charge >= 0.3 is 0 Å². The third kappa shape index (κ3) is 0.612. The first-order valence-electron chi connectivity index (χ1n) is 1.86. The lowest BCUT2D eigenvalue weighted by Gasteiger charge is -1.91. The molecule has 1 heterocycles. The lowest BCUT2D eigenvalue weighted by Crippen LogP contribution is -1.72. The summed E-state index contributed by atoms with van der Waals surface area (Å²) in [6.07, 6.45) is 8.85. The van der Waals surface area contributed by atoms with Crippen molar-refractivity contribution < 1.29 is 4.74 Å². The van der Waals surface area contributed by atoms with Gasteiger partial charge in [-0.1, -0.05) is 0 Å². The minimum absolute atomic E-state index is 0.889. The Morgan fingerprint density at radius 2 is 2.67 bits per heavy atom. The van der Waals surface area contributed by atoms with E-state index in [1.807, 2.05) is 6.08 Å². The van der Waals surface area contributed by atoms with Gasteiger partial charge in [-0.3, -0.25) is 0 Å². The second kappa shape index (κ2) is 1.65. The molecule has 0 aromatic carbocycles. The van der Waals surface area contributed by atoms with Gasteiger partial charge in [-0.15, -0.1) is 0 Å². The molecule has 1 radical (unpaired) electrons. The molecule has 1 nitrogen and oxygen atoms in total. The van der Waals surface area contributed by atoms with Crippen LogP contribution in [0.3, 0.4) is 0 Å². The minimum Gasteiger partial charge on any atom is -0.473 e. The fourth-order valence-electron chi connectivity index (χ4n) is 0.307. The summed E-state index contributed by atoms with van der Waals surface area (Å²) < 4.78 is 4.65. The summed E-state index contributed by atoms with van der Waals surface area (Å²) in [6, 6.07) is 0. The number of rotatable bonds is 0. The predicted molar refractivity (Wildman–Crippen MR) is 22.7 cm³/mol. The summed E-state index contributed by atoms with van der Waals surface area (Å²) in [4.78, 5) is 0. The average Bonchev–Trinajstić information content (AvgIpc) is 1.72. The molecule has 6 heavy (non-hydrogen) atoms. The molecule has 1 aliphatic heterocycles. The first-order valence-corrected chi connectivity index (χ1v) is 1.86. The SMILES string of the molecule is [C]1=COC=CC1. The largest absolute Gasteiger partial charge is 0.473 e. The van der Waals surface area contributed by atoms with Crippen molar-refractivity contribution in [2.24, 2.45) is 0 Å². The summed E-state index contributed by atoms with van der Waals surface area (Å²) in [7, 11) is 0. The molecule has 0 aromatic heterocycles. The molecule has 0 bridgehead atoms. The van der Waals surface area contributed by atoms with Gasteiger partial charge in [0.2, 0.25) is 0 Å². The Morgan fingerprint density at radius 1 is 1.67 bits per heavy atom. The molecule has 0 aliphatic carbocycles. The molecule has 0 unspecified atom stereocenters. The maximum Gasteiger partial charge on any atom is 0.0940 e. The van der Waals surface area contributed by atoms with Crippen LogP contribution in [0.5, 0.6) is 0 Å². The molecular formula is C5H5O. The molecule has 1 aliphatic rings. The van der Waals surface area contributed by atoms with Gasteiger partial charge in [0.25, 0.3) is 0 Å². The molecule has 0 aromatic rings. The Hall–Kier alpha value is -0.720. The quantitative estimate of drug-likeness (QED) is 0.426. The van der Waals surface area contributed by atoms with Gasteiger partial charge in [0.15, 0.2) is 0 Å². The van der Waals surface area contributed by atoms with Crippen LogP contribution in [0.25, 0.3) is 0 Å². The normalized spacial score (nSPS) is 17.3. The van der Waals surface area contributed by atoms with Gasteiger partial charge in [0, 0.05) is 0 Å². The summed E-state index contributed by atoms with van der Waals surface area (Å²) in [6.45, 7) is 0. The fraction of sp³-hybridized carbons (Fsp3) is 0.200. The van der Waals surface area contributed by atoms with E-state index in [2.05, 4.69) is 10.8 Å². The molecule has 0 saturated heterocycles. The molecule has 0 N–H and O–H groups in total. The van der Waals surface area contributed by atoms with E-state index < -0.39 is 0 Å². The van der Waals surface area contributed by atoms with Crippen LogP contribution in [0.1, 0.15) is 6.42 Å². The van der Waals surface area contributed by atoms with Crippen molar-refractivity contribution in [1.29, 1.82) is 0 Å². The van der Waals surface area contributed by atoms with E-state index in [1.54, 1.807) is 12.5 Å². The van der Waals surface area contributed by atoms with E-state index in [0.29, 0.717) is 0 Å². The number of ether oxygens (including phenoxy) is 1. The van der Waals surface area contributed by atoms with Crippen molar-refractivity contribution >= 4 is 0 Å². The van der Waals surface area contributed by atoms with Crippen LogP contribution in [-0.4, -0.2) is 0 Å². The van der Waals surface area contributed by atoms with Crippen LogP contribution >= 0.6 is 0 Å². The van der Waals surface area contributed by atoms with E-state index in [1.165, 1.54) is 0 Å². The molecule has 1 heteroatoms. The lowest BCUT2D eigenvalue weighted by molar-refractivity contribution is 0.390. The molecule has 0 fully saturated rings. The van der Waals surface area contributed by atoms with Gasteiger partial charge < -0.3 is 4.74 Å². The fourth-order valence-corrected chi connectivity index (χ4v) is 0.307. The Labute approximate surface area is 36.9 Å². The van der Waals surface area contributed by atoms with Crippen LogP contribution in [-0.2, 0) is 4.74 Å². The van der Waals surface area contributed by atoms with E-state index in [0.717, 1.165) is 6.42 Å². The molecule has 31 valence electrons. The highest BCUT2D eigenvalue weighted by Gasteiger charge is 1.76. The number of hydrogen-bond acceptors (Lipinski definition) is 1. The standard InChI is InChI=1S/C5H5O/c1-2-4-6-5-3-1/h2,4-5H,1H2. The van der Waals surface area contributed by atoms with Crippen LogP contribution in [0.2, 0.25) is 0 Å². The van der Waals surface area contributed by atoms with Crippen molar-refractivity contribution in [3.63, 3.8) is 0 Å². The Bertz CT molecular complexity index is 61.9. The highest BCUT2D eigenvalue weighted by atomic mass is 16.5. The van der Waals surface area contributed by atoms with Crippen molar-refractivity contribution in [3.05, 3.63) is 24.7 Å².